The maximum absolute atomic E-state index is 6.74. The number of morpholine rings is 1. The smallest absolute Gasteiger partial charge is 0.219 e. The Bertz CT molecular complexity index is 839. The van der Waals surface area contributed by atoms with Crippen molar-refractivity contribution in [1.29, 1.82) is 0 Å². The van der Waals surface area contributed by atoms with Crippen LogP contribution in [0.25, 0.3) is 0 Å². The number of oxime groups is 1. The normalized spacial score (nSPS) is 30.5. The summed E-state index contributed by atoms with van der Waals surface area (Å²) in [7, 11) is 0. The van der Waals surface area contributed by atoms with Gasteiger partial charge in [0.2, 0.25) is 6.23 Å². The molecule has 2 aromatic carbocycles. The average molecular weight is 379 g/mol. The van der Waals surface area contributed by atoms with Crippen LogP contribution < -0.4 is 5.06 Å². The van der Waals surface area contributed by atoms with E-state index in [1.165, 1.54) is 0 Å². The number of nitrogens with zero attached hydrogens (tertiary/aromatic N) is 3. The third-order valence-electron chi connectivity index (χ3n) is 5.74. The van der Waals surface area contributed by atoms with Crippen molar-refractivity contribution in [2.24, 2.45) is 5.16 Å². The SMILES string of the molecule is C[C@@H]1C[C@]2(ON1c1ccccc1)C(c1ccccc1)=NO[C@@H]2N1CCOCC1. The van der Waals surface area contributed by atoms with E-state index in [1.807, 2.05) is 41.5 Å². The zero-order chi connectivity index (χ0) is 19.0. The van der Waals surface area contributed by atoms with E-state index in [0.29, 0.717) is 13.2 Å². The molecule has 0 N–H and O–H groups in total. The van der Waals surface area contributed by atoms with E-state index >= 15 is 0 Å². The number of ether oxygens (including phenoxy) is 1. The number of benzene rings is 2. The lowest BCUT2D eigenvalue weighted by Crippen LogP contribution is -2.57. The van der Waals surface area contributed by atoms with E-state index in [9.17, 15) is 0 Å². The highest BCUT2D eigenvalue weighted by molar-refractivity contribution is 6.08. The lowest BCUT2D eigenvalue weighted by molar-refractivity contribution is -0.156. The first-order chi connectivity index (χ1) is 13.8. The fraction of sp³-hybridized carbons (Fsp3) is 0.409. The van der Waals surface area contributed by atoms with Gasteiger partial charge in [-0.1, -0.05) is 53.7 Å². The Morgan fingerprint density at radius 2 is 1.64 bits per heavy atom. The number of para-hydroxylation sites is 1. The molecule has 2 saturated heterocycles. The van der Waals surface area contributed by atoms with Gasteiger partial charge in [-0.2, -0.15) is 0 Å². The molecule has 1 spiro atoms. The van der Waals surface area contributed by atoms with Crippen LogP contribution in [0, 0.1) is 0 Å². The van der Waals surface area contributed by atoms with Gasteiger partial charge in [-0.3, -0.25) is 14.8 Å². The zero-order valence-corrected chi connectivity index (χ0v) is 16.0. The molecule has 0 amide bonds. The van der Waals surface area contributed by atoms with Crippen LogP contribution in [-0.2, 0) is 14.4 Å². The Kier molecular flexibility index (Phi) is 4.55. The van der Waals surface area contributed by atoms with Crippen LogP contribution in [0.1, 0.15) is 18.9 Å². The lowest BCUT2D eigenvalue weighted by Gasteiger charge is -2.38. The second-order valence-electron chi connectivity index (χ2n) is 7.61. The second-order valence-corrected chi connectivity index (χ2v) is 7.61. The van der Waals surface area contributed by atoms with E-state index in [0.717, 1.165) is 36.5 Å². The Hall–Kier alpha value is -2.41. The van der Waals surface area contributed by atoms with Gasteiger partial charge in [-0.15, -0.1) is 0 Å². The molecule has 2 fully saturated rings. The molecule has 0 aromatic heterocycles. The highest BCUT2D eigenvalue weighted by atomic mass is 16.7. The van der Waals surface area contributed by atoms with Crippen molar-refractivity contribution in [1.82, 2.24) is 4.90 Å². The van der Waals surface area contributed by atoms with E-state index in [-0.39, 0.29) is 12.3 Å². The Morgan fingerprint density at radius 1 is 0.964 bits per heavy atom. The van der Waals surface area contributed by atoms with Crippen molar-refractivity contribution in [2.75, 3.05) is 31.4 Å². The molecule has 146 valence electrons. The monoisotopic (exact) mass is 379 g/mol. The third-order valence-corrected chi connectivity index (χ3v) is 5.74. The highest BCUT2D eigenvalue weighted by Crippen LogP contribution is 2.44. The van der Waals surface area contributed by atoms with Crippen molar-refractivity contribution in [3.05, 3.63) is 66.2 Å². The van der Waals surface area contributed by atoms with Gasteiger partial charge in [0.25, 0.3) is 0 Å². The van der Waals surface area contributed by atoms with Gasteiger partial charge >= 0.3 is 0 Å². The quantitative estimate of drug-likeness (QED) is 0.820. The summed E-state index contributed by atoms with van der Waals surface area (Å²) in [5.74, 6) is 0. The molecule has 6 heteroatoms. The van der Waals surface area contributed by atoms with Crippen LogP contribution in [0.15, 0.2) is 65.8 Å². The van der Waals surface area contributed by atoms with Crippen LogP contribution in [0.5, 0.6) is 0 Å². The third kappa shape index (κ3) is 2.89. The summed E-state index contributed by atoms with van der Waals surface area (Å²) in [5, 5.41) is 6.56. The van der Waals surface area contributed by atoms with Crippen LogP contribution in [0.4, 0.5) is 5.69 Å². The van der Waals surface area contributed by atoms with E-state index in [2.05, 4.69) is 41.2 Å². The summed E-state index contributed by atoms with van der Waals surface area (Å²) in [6, 6.07) is 20.7. The number of anilines is 1. The fourth-order valence-corrected chi connectivity index (χ4v) is 4.44. The Balaban J connectivity index is 1.53. The van der Waals surface area contributed by atoms with Crippen molar-refractivity contribution in [3.8, 4) is 0 Å². The molecule has 0 bridgehead atoms. The summed E-state index contributed by atoms with van der Waals surface area (Å²) in [5.41, 5.74) is 2.32. The molecule has 0 unspecified atom stereocenters. The first-order valence-electron chi connectivity index (χ1n) is 9.93. The summed E-state index contributed by atoms with van der Waals surface area (Å²) in [6.45, 7) is 5.22. The molecule has 3 aliphatic heterocycles. The number of hydrogen-bond donors (Lipinski definition) is 0. The van der Waals surface area contributed by atoms with Gasteiger partial charge in [0.05, 0.1) is 24.9 Å². The minimum absolute atomic E-state index is 0.196. The van der Waals surface area contributed by atoms with Gasteiger partial charge in [0.15, 0.2) is 5.60 Å². The van der Waals surface area contributed by atoms with Gasteiger partial charge in [0.1, 0.15) is 5.71 Å². The van der Waals surface area contributed by atoms with Crippen LogP contribution in [0.3, 0.4) is 0 Å². The topological polar surface area (TPSA) is 46.5 Å². The summed E-state index contributed by atoms with van der Waals surface area (Å²) < 4.78 is 5.55. The van der Waals surface area contributed by atoms with E-state index in [4.69, 9.17) is 14.4 Å². The Labute approximate surface area is 165 Å². The molecule has 3 heterocycles. The van der Waals surface area contributed by atoms with Crippen molar-refractivity contribution >= 4 is 11.4 Å². The van der Waals surface area contributed by atoms with Crippen LogP contribution in [0.2, 0.25) is 0 Å². The van der Waals surface area contributed by atoms with Gasteiger partial charge < -0.3 is 9.57 Å². The van der Waals surface area contributed by atoms with Crippen molar-refractivity contribution in [3.63, 3.8) is 0 Å². The fourth-order valence-electron chi connectivity index (χ4n) is 4.44. The molecule has 3 atom stereocenters. The maximum Gasteiger partial charge on any atom is 0.219 e. The molecule has 2 aromatic rings. The molecule has 3 aliphatic rings. The van der Waals surface area contributed by atoms with Crippen molar-refractivity contribution < 1.29 is 14.4 Å². The van der Waals surface area contributed by atoms with E-state index in [1.54, 1.807) is 0 Å². The number of hydroxylamine groups is 1. The average Bonchev–Trinajstić information content (AvgIpc) is 3.30. The summed E-state index contributed by atoms with van der Waals surface area (Å²) in [6.07, 6.45) is 0.542. The molecule has 0 saturated carbocycles. The molecule has 0 aliphatic carbocycles. The van der Waals surface area contributed by atoms with Crippen molar-refractivity contribution in [2.45, 2.75) is 31.2 Å². The minimum atomic E-state index is -0.645. The first-order valence-corrected chi connectivity index (χ1v) is 9.93. The predicted octanol–water partition coefficient (Wildman–Crippen LogP) is 3.05. The molecule has 5 rings (SSSR count). The number of rotatable bonds is 3. The standard InChI is InChI=1S/C22H25N3O3/c1-17-16-22(28-25(17)19-10-6-3-7-11-19)20(18-8-4-2-5-9-18)23-27-21(22)24-12-14-26-15-13-24/h2-11,17,21H,12-16H2,1H3/t17-,21+,22+/m1/s1. The van der Waals surface area contributed by atoms with E-state index < -0.39 is 5.60 Å². The summed E-state index contributed by atoms with van der Waals surface area (Å²) in [4.78, 5) is 15.1. The number of hydrogen-bond acceptors (Lipinski definition) is 6. The lowest BCUT2D eigenvalue weighted by atomic mass is 9.85. The maximum atomic E-state index is 6.74. The zero-order valence-electron chi connectivity index (χ0n) is 16.0. The second kappa shape index (κ2) is 7.20. The minimum Gasteiger partial charge on any atom is -0.379 e. The van der Waals surface area contributed by atoms with Crippen LogP contribution in [-0.4, -0.2) is 54.8 Å². The van der Waals surface area contributed by atoms with Gasteiger partial charge in [0, 0.05) is 25.1 Å². The molecule has 0 radical (unpaired) electrons. The summed E-state index contributed by atoms with van der Waals surface area (Å²) >= 11 is 0. The molecular weight excluding hydrogens is 354 g/mol. The van der Waals surface area contributed by atoms with Gasteiger partial charge in [-0.05, 0) is 19.1 Å². The first kappa shape index (κ1) is 17.7. The predicted molar refractivity (Wildman–Crippen MR) is 107 cm³/mol. The largest absolute Gasteiger partial charge is 0.379 e. The molecular formula is C22H25N3O3. The molecule has 6 nitrogen and oxygen atoms in total. The highest BCUT2D eigenvalue weighted by Gasteiger charge is 2.60. The Morgan fingerprint density at radius 3 is 2.36 bits per heavy atom. The van der Waals surface area contributed by atoms with Gasteiger partial charge in [-0.25, -0.2) is 0 Å². The van der Waals surface area contributed by atoms with Crippen LogP contribution >= 0.6 is 0 Å². The molecule has 28 heavy (non-hydrogen) atoms.